The zero-order valence-electron chi connectivity index (χ0n) is 9.01. The zero-order valence-corrected chi connectivity index (χ0v) is 9.01. The third-order valence-corrected chi connectivity index (χ3v) is 3.25. The van der Waals surface area contributed by atoms with E-state index in [1.165, 1.54) is 25.8 Å². The zero-order chi connectivity index (χ0) is 9.14. The molecule has 0 radical (unpaired) electrons. The van der Waals surface area contributed by atoms with E-state index in [-0.39, 0.29) is 0 Å². The maximum absolute atomic E-state index is 2.44. The molecule has 0 heterocycles. The van der Waals surface area contributed by atoms with Gasteiger partial charge >= 0.3 is 0 Å². The van der Waals surface area contributed by atoms with Crippen molar-refractivity contribution in [2.24, 2.45) is 11.8 Å². The highest BCUT2D eigenvalue weighted by molar-refractivity contribution is 4.79. The first kappa shape index (κ1) is 10.0. The minimum absolute atomic E-state index is 0.705. The highest BCUT2D eigenvalue weighted by Gasteiger charge is 2.27. The van der Waals surface area contributed by atoms with Crippen LogP contribution in [0, 0.1) is 11.8 Å². The molecule has 1 atom stereocenters. The molecule has 0 N–H and O–H groups in total. The maximum Gasteiger partial charge on any atom is 0.00355 e. The van der Waals surface area contributed by atoms with E-state index in [9.17, 15) is 0 Å². The molecule has 0 saturated heterocycles. The predicted molar refractivity (Wildman–Crippen MR) is 54.3 cm³/mol. The van der Waals surface area contributed by atoms with Gasteiger partial charge in [-0.2, -0.15) is 0 Å². The summed E-state index contributed by atoms with van der Waals surface area (Å²) < 4.78 is 0. The van der Waals surface area contributed by atoms with Crippen LogP contribution in [-0.2, 0) is 0 Å². The van der Waals surface area contributed by atoms with Gasteiger partial charge in [0.1, 0.15) is 0 Å². The van der Waals surface area contributed by atoms with Gasteiger partial charge in [0.25, 0.3) is 0 Å². The lowest BCUT2D eigenvalue weighted by Crippen LogP contribution is -2.28. The molecule has 12 heavy (non-hydrogen) atoms. The van der Waals surface area contributed by atoms with Gasteiger partial charge in [-0.25, -0.2) is 0 Å². The van der Waals surface area contributed by atoms with Gasteiger partial charge in [0.2, 0.25) is 0 Å². The molecule has 1 fully saturated rings. The van der Waals surface area contributed by atoms with Crippen LogP contribution in [-0.4, -0.2) is 24.5 Å². The predicted octanol–water partition coefficient (Wildman–Crippen LogP) is 2.76. The number of rotatable bonds is 5. The highest BCUT2D eigenvalue weighted by atomic mass is 15.1. The summed E-state index contributed by atoms with van der Waals surface area (Å²) >= 11 is 0. The Morgan fingerprint density at radius 2 is 1.83 bits per heavy atom. The van der Waals surface area contributed by atoms with Crippen molar-refractivity contribution in [3.63, 3.8) is 0 Å². The fourth-order valence-electron chi connectivity index (χ4n) is 1.57. The van der Waals surface area contributed by atoms with Crippen molar-refractivity contribution < 1.29 is 0 Å². The highest BCUT2D eigenvalue weighted by Crippen LogP contribution is 2.38. The maximum atomic E-state index is 2.44. The fraction of sp³-hybridized carbons (Fsp3) is 1.00. The summed E-state index contributed by atoms with van der Waals surface area (Å²) in [6.45, 7) is 8.21. The molecule has 0 aliphatic heterocycles. The molecule has 0 amide bonds. The molecule has 72 valence electrons. The summed E-state index contributed by atoms with van der Waals surface area (Å²) in [5.74, 6) is 2.04. The van der Waals surface area contributed by atoms with Crippen LogP contribution < -0.4 is 0 Å². The van der Waals surface area contributed by atoms with Crippen LogP contribution in [0.3, 0.4) is 0 Å². The van der Waals surface area contributed by atoms with E-state index in [0.29, 0.717) is 6.04 Å². The topological polar surface area (TPSA) is 3.24 Å². The molecule has 1 heteroatoms. The van der Waals surface area contributed by atoms with E-state index in [1.807, 2.05) is 0 Å². The Bertz CT molecular complexity index is 119. The smallest absolute Gasteiger partial charge is 0.00355 e. The second-order valence-electron chi connectivity index (χ2n) is 4.68. The summed E-state index contributed by atoms with van der Waals surface area (Å²) in [7, 11) is 2.23. The standard InChI is InChI=1S/C11H23N/c1-9(2)12(4)8-7-10(3)11-5-6-11/h9-11H,5-8H2,1-4H3. The molecule has 0 aromatic carbocycles. The second kappa shape index (κ2) is 4.27. The Labute approximate surface area is 77.1 Å². The first-order valence-corrected chi connectivity index (χ1v) is 5.31. The van der Waals surface area contributed by atoms with E-state index >= 15 is 0 Å². The number of nitrogens with zero attached hydrogens (tertiary/aromatic N) is 1. The lowest BCUT2D eigenvalue weighted by molar-refractivity contribution is 0.248. The molecule has 0 aromatic rings. The van der Waals surface area contributed by atoms with Crippen molar-refractivity contribution in [3.05, 3.63) is 0 Å². The van der Waals surface area contributed by atoms with Crippen molar-refractivity contribution in [2.75, 3.05) is 13.6 Å². The first-order chi connectivity index (χ1) is 5.61. The molecule has 0 aromatic heterocycles. The third-order valence-electron chi connectivity index (χ3n) is 3.25. The molecule has 1 aliphatic carbocycles. The normalized spacial score (nSPS) is 20.5. The molecule has 1 nitrogen and oxygen atoms in total. The number of hydrogen-bond acceptors (Lipinski definition) is 1. The Kier molecular flexibility index (Phi) is 3.57. The van der Waals surface area contributed by atoms with Crippen molar-refractivity contribution in [1.82, 2.24) is 4.90 Å². The minimum Gasteiger partial charge on any atom is -0.304 e. The van der Waals surface area contributed by atoms with Gasteiger partial charge in [0.15, 0.2) is 0 Å². The lowest BCUT2D eigenvalue weighted by Gasteiger charge is -2.22. The quantitative estimate of drug-likeness (QED) is 0.611. The van der Waals surface area contributed by atoms with E-state index in [0.717, 1.165) is 11.8 Å². The summed E-state index contributed by atoms with van der Waals surface area (Å²) in [4.78, 5) is 2.44. The van der Waals surface area contributed by atoms with Crippen LogP contribution in [0.15, 0.2) is 0 Å². The molecule has 1 saturated carbocycles. The van der Waals surface area contributed by atoms with Gasteiger partial charge in [-0.1, -0.05) is 6.92 Å². The molecule has 1 unspecified atom stereocenters. The van der Waals surface area contributed by atoms with Crippen LogP contribution in [0.4, 0.5) is 0 Å². The van der Waals surface area contributed by atoms with Gasteiger partial charge in [0, 0.05) is 6.04 Å². The lowest BCUT2D eigenvalue weighted by atomic mass is 10.0. The third kappa shape index (κ3) is 3.14. The molecule has 1 aliphatic rings. The van der Waals surface area contributed by atoms with E-state index in [4.69, 9.17) is 0 Å². The average molecular weight is 169 g/mol. The SMILES string of the molecule is CC(CCN(C)C(C)C)C1CC1. The minimum atomic E-state index is 0.705. The summed E-state index contributed by atoms with van der Waals surface area (Å²) in [5, 5.41) is 0. The molecular formula is C11H23N. The summed E-state index contributed by atoms with van der Waals surface area (Å²) in [6.07, 6.45) is 4.37. The largest absolute Gasteiger partial charge is 0.304 e. The van der Waals surface area contributed by atoms with Crippen LogP contribution >= 0.6 is 0 Å². The Hall–Kier alpha value is -0.0400. The molecule has 0 spiro atoms. The first-order valence-electron chi connectivity index (χ1n) is 5.31. The van der Waals surface area contributed by atoms with Gasteiger partial charge in [-0.15, -0.1) is 0 Å². The second-order valence-corrected chi connectivity index (χ2v) is 4.68. The van der Waals surface area contributed by atoms with Crippen molar-refractivity contribution in [1.29, 1.82) is 0 Å². The summed E-state index contributed by atoms with van der Waals surface area (Å²) in [6, 6.07) is 0.705. The molecule has 1 rings (SSSR count). The van der Waals surface area contributed by atoms with E-state index in [2.05, 4.69) is 32.7 Å². The Morgan fingerprint density at radius 3 is 2.25 bits per heavy atom. The van der Waals surface area contributed by atoms with Crippen molar-refractivity contribution in [2.45, 2.75) is 46.1 Å². The Balaban J connectivity index is 2.07. The van der Waals surface area contributed by atoms with Crippen molar-refractivity contribution >= 4 is 0 Å². The van der Waals surface area contributed by atoms with Gasteiger partial charge in [-0.05, 0) is 58.5 Å². The average Bonchev–Trinajstić information content (AvgIpc) is 2.81. The van der Waals surface area contributed by atoms with Gasteiger partial charge in [0.05, 0.1) is 0 Å². The molecular weight excluding hydrogens is 146 g/mol. The monoisotopic (exact) mass is 169 g/mol. The van der Waals surface area contributed by atoms with E-state index < -0.39 is 0 Å². The van der Waals surface area contributed by atoms with Gasteiger partial charge < -0.3 is 4.90 Å². The van der Waals surface area contributed by atoms with Crippen LogP contribution in [0.25, 0.3) is 0 Å². The van der Waals surface area contributed by atoms with Crippen LogP contribution in [0.5, 0.6) is 0 Å². The van der Waals surface area contributed by atoms with E-state index in [1.54, 1.807) is 0 Å². The summed E-state index contributed by atoms with van der Waals surface area (Å²) in [5.41, 5.74) is 0. The van der Waals surface area contributed by atoms with Crippen LogP contribution in [0.2, 0.25) is 0 Å². The molecule has 0 bridgehead atoms. The number of hydrogen-bond donors (Lipinski definition) is 0. The van der Waals surface area contributed by atoms with Gasteiger partial charge in [-0.3, -0.25) is 0 Å². The van der Waals surface area contributed by atoms with Crippen molar-refractivity contribution in [3.8, 4) is 0 Å². The fourth-order valence-corrected chi connectivity index (χ4v) is 1.57. The van der Waals surface area contributed by atoms with Crippen LogP contribution in [0.1, 0.15) is 40.0 Å². The Morgan fingerprint density at radius 1 is 1.25 bits per heavy atom.